The molecule has 43 heavy (non-hydrogen) atoms. The summed E-state index contributed by atoms with van der Waals surface area (Å²) in [5.74, 6) is -1.63. The van der Waals surface area contributed by atoms with Crippen molar-refractivity contribution in [1.29, 1.82) is 10.5 Å². The first kappa shape index (κ1) is 34.6. The van der Waals surface area contributed by atoms with E-state index < -0.39 is 18.0 Å². The van der Waals surface area contributed by atoms with Crippen molar-refractivity contribution in [3.05, 3.63) is 70.8 Å². The van der Waals surface area contributed by atoms with Crippen molar-refractivity contribution in [2.45, 2.75) is 66.4 Å². The molecule has 2 rings (SSSR count). The Labute approximate surface area is 256 Å². The van der Waals surface area contributed by atoms with Crippen LogP contribution in [0.5, 0.6) is 0 Å². The van der Waals surface area contributed by atoms with Crippen molar-refractivity contribution < 1.29 is 19.1 Å². The van der Waals surface area contributed by atoms with Crippen molar-refractivity contribution in [2.24, 2.45) is 0 Å². The molecule has 1 atom stereocenters. The van der Waals surface area contributed by atoms with E-state index in [4.69, 9.17) is 9.47 Å². The van der Waals surface area contributed by atoms with Gasteiger partial charge in [-0.25, -0.2) is 9.59 Å². The van der Waals surface area contributed by atoms with Gasteiger partial charge >= 0.3 is 11.9 Å². The van der Waals surface area contributed by atoms with E-state index in [2.05, 4.69) is 37.5 Å². The van der Waals surface area contributed by atoms with Gasteiger partial charge in [0.05, 0.1) is 0 Å². The average molecular weight is 585 g/mol. The van der Waals surface area contributed by atoms with E-state index in [9.17, 15) is 20.1 Å². The standard InChI is InChI=1S/C35H44N4O4/c1-6-18-38(19-7-2)32-14-10-28(11-15-32)22-30(24-36)34(40)42-26-27(5)43-35(41)31(25-37)23-29-12-16-33(17-13-29)39(20-8-3)21-9-4/h10-17,22-23,27H,6-9,18-21,26H2,1-5H3. The normalized spacial score (nSPS) is 12.1. The summed E-state index contributed by atoms with van der Waals surface area (Å²) in [6, 6.07) is 19.1. The Hall–Kier alpha value is -4.56. The molecule has 2 aromatic carbocycles. The highest BCUT2D eigenvalue weighted by Gasteiger charge is 2.18. The van der Waals surface area contributed by atoms with E-state index in [0.29, 0.717) is 11.1 Å². The molecule has 0 fully saturated rings. The van der Waals surface area contributed by atoms with Crippen LogP contribution in [0.1, 0.15) is 71.4 Å². The van der Waals surface area contributed by atoms with E-state index in [0.717, 1.165) is 63.2 Å². The SMILES string of the molecule is CCCN(CCC)c1ccc(C=C(C#N)C(=O)OCC(C)OC(=O)C(C#N)=Cc2ccc(N(CCC)CCC)cc2)cc1. The summed E-state index contributed by atoms with van der Waals surface area (Å²) in [6.07, 6.45) is 6.28. The van der Waals surface area contributed by atoms with Gasteiger partial charge < -0.3 is 19.3 Å². The Morgan fingerprint density at radius 2 is 1.07 bits per heavy atom. The average Bonchev–Trinajstić information content (AvgIpc) is 3.01. The van der Waals surface area contributed by atoms with E-state index in [-0.39, 0.29) is 17.8 Å². The minimum atomic E-state index is -0.824. The molecule has 0 aliphatic heterocycles. The van der Waals surface area contributed by atoms with Crippen molar-refractivity contribution in [3.8, 4) is 12.1 Å². The zero-order valence-electron chi connectivity index (χ0n) is 26.1. The molecule has 0 aromatic heterocycles. The monoisotopic (exact) mass is 584 g/mol. The van der Waals surface area contributed by atoms with E-state index >= 15 is 0 Å². The largest absolute Gasteiger partial charge is 0.458 e. The number of esters is 2. The van der Waals surface area contributed by atoms with Crippen molar-refractivity contribution in [1.82, 2.24) is 0 Å². The zero-order valence-corrected chi connectivity index (χ0v) is 26.1. The molecular formula is C35H44N4O4. The highest BCUT2D eigenvalue weighted by atomic mass is 16.6. The summed E-state index contributed by atoms with van der Waals surface area (Å²) in [5.41, 5.74) is 3.25. The highest BCUT2D eigenvalue weighted by Crippen LogP contribution is 2.20. The molecule has 0 spiro atoms. The van der Waals surface area contributed by atoms with Crippen molar-refractivity contribution in [2.75, 3.05) is 42.6 Å². The third-order valence-electron chi connectivity index (χ3n) is 6.55. The smallest absolute Gasteiger partial charge is 0.349 e. The van der Waals surface area contributed by atoms with Gasteiger partial charge in [0.25, 0.3) is 0 Å². The summed E-state index contributed by atoms with van der Waals surface area (Å²) in [7, 11) is 0. The maximum absolute atomic E-state index is 12.6. The second kappa shape index (κ2) is 18.8. The van der Waals surface area contributed by atoms with Gasteiger partial charge in [-0.15, -0.1) is 0 Å². The lowest BCUT2D eigenvalue weighted by Crippen LogP contribution is -2.24. The van der Waals surface area contributed by atoms with E-state index in [1.54, 1.807) is 6.92 Å². The van der Waals surface area contributed by atoms with Gasteiger partial charge in [-0.3, -0.25) is 0 Å². The molecule has 0 aliphatic carbocycles. The molecule has 8 heteroatoms. The number of carbonyl (C=O) groups is 2. The molecule has 0 saturated carbocycles. The number of nitrogens with zero attached hydrogens (tertiary/aromatic N) is 4. The molecule has 0 heterocycles. The Morgan fingerprint density at radius 3 is 1.42 bits per heavy atom. The molecule has 2 aromatic rings. The van der Waals surface area contributed by atoms with Crippen LogP contribution in [0.15, 0.2) is 59.7 Å². The maximum atomic E-state index is 12.6. The van der Waals surface area contributed by atoms with Crippen LogP contribution in [0.25, 0.3) is 12.2 Å². The van der Waals surface area contributed by atoms with Crippen LogP contribution in [0.4, 0.5) is 11.4 Å². The zero-order chi connectivity index (χ0) is 31.6. The van der Waals surface area contributed by atoms with Crippen LogP contribution in [-0.2, 0) is 19.1 Å². The molecule has 0 aliphatic rings. The molecule has 228 valence electrons. The van der Waals surface area contributed by atoms with Crippen LogP contribution >= 0.6 is 0 Å². The quantitative estimate of drug-likeness (QED) is 0.112. The number of rotatable bonds is 17. The molecule has 0 bridgehead atoms. The molecular weight excluding hydrogens is 540 g/mol. The molecule has 0 radical (unpaired) electrons. The Kier molecular flexibility index (Phi) is 15.1. The van der Waals surface area contributed by atoms with Crippen LogP contribution in [0.2, 0.25) is 0 Å². The fourth-order valence-corrected chi connectivity index (χ4v) is 4.54. The predicted molar refractivity (Wildman–Crippen MR) is 172 cm³/mol. The lowest BCUT2D eigenvalue weighted by atomic mass is 10.1. The third-order valence-corrected chi connectivity index (χ3v) is 6.55. The first-order valence-corrected chi connectivity index (χ1v) is 15.1. The van der Waals surface area contributed by atoms with E-state index in [1.807, 2.05) is 60.7 Å². The lowest BCUT2D eigenvalue weighted by Gasteiger charge is -2.23. The summed E-state index contributed by atoms with van der Waals surface area (Å²) >= 11 is 0. The minimum absolute atomic E-state index is 0.164. The molecule has 1 unspecified atom stereocenters. The van der Waals surface area contributed by atoms with Crippen LogP contribution in [0, 0.1) is 22.7 Å². The number of ether oxygens (including phenoxy) is 2. The fourth-order valence-electron chi connectivity index (χ4n) is 4.54. The molecule has 0 N–H and O–H groups in total. The number of nitriles is 2. The third kappa shape index (κ3) is 11.3. The Morgan fingerprint density at radius 1 is 0.698 bits per heavy atom. The van der Waals surface area contributed by atoms with Crippen LogP contribution in [0.3, 0.4) is 0 Å². The van der Waals surface area contributed by atoms with Gasteiger partial charge in [-0.05, 0) is 80.2 Å². The van der Waals surface area contributed by atoms with E-state index in [1.165, 1.54) is 12.2 Å². The van der Waals surface area contributed by atoms with Gasteiger partial charge in [0, 0.05) is 37.6 Å². The van der Waals surface area contributed by atoms with Gasteiger partial charge in [-0.1, -0.05) is 52.0 Å². The number of hydrogen-bond donors (Lipinski definition) is 0. The fraction of sp³-hybridized carbons (Fsp3) is 0.429. The lowest BCUT2D eigenvalue weighted by molar-refractivity contribution is -0.152. The molecule has 8 nitrogen and oxygen atoms in total. The number of benzene rings is 2. The van der Waals surface area contributed by atoms with Crippen molar-refractivity contribution >= 4 is 35.5 Å². The predicted octanol–water partition coefficient (Wildman–Crippen LogP) is 6.93. The van der Waals surface area contributed by atoms with Crippen LogP contribution < -0.4 is 9.80 Å². The summed E-state index contributed by atoms with van der Waals surface area (Å²) < 4.78 is 10.6. The molecule has 0 amide bonds. The van der Waals surface area contributed by atoms with Gasteiger partial charge in [0.15, 0.2) is 0 Å². The first-order chi connectivity index (χ1) is 20.8. The first-order valence-electron chi connectivity index (χ1n) is 15.1. The minimum Gasteiger partial charge on any atom is -0.458 e. The topological polar surface area (TPSA) is 107 Å². The van der Waals surface area contributed by atoms with Crippen molar-refractivity contribution in [3.63, 3.8) is 0 Å². The Bertz CT molecular complexity index is 1310. The highest BCUT2D eigenvalue weighted by molar-refractivity contribution is 5.98. The number of carbonyl (C=O) groups excluding carboxylic acids is 2. The van der Waals surface area contributed by atoms with Gasteiger partial charge in [0.1, 0.15) is 36.0 Å². The molecule has 0 saturated heterocycles. The number of hydrogen-bond acceptors (Lipinski definition) is 8. The summed E-state index contributed by atoms with van der Waals surface area (Å²) in [6.45, 7) is 13.7. The van der Waals surface area contributed by atoms with Gasteiger partial charge in [0.2, 0.25) is 0 Å². The maximum Gasteiger partial charge on any atom is 0.349 e. The number of anilines is 2. The van der Waals surface area contributed by atoms with Gasteiger partial charge in [-0.2, -0.15) is 10.5 Å². The Balaban J connectivity index is 1.98. The summed E-state index contributed by atoms with van der Waals surface area (Å²) in [5, 5.41) is 19.1. The second-order valence-corrected chi connectivity index (χ2v) is 10.3. The van der Waals surface area contributed by atoms with Crippen LogP contribution in [-0.4, -0.2) is 50.8 Å². The summed E-state index contributed by atoms with van der Waals surface area (Å²) in [4.78, 5) is 29.8. The second-order valence-electron chi connectivity index (χ2n) is 10.3.